The van der Waals surface area contributed by atoms with Crippen LogP contribution in [0.15, 0.2) is 36.0 Å². The number of nitriles is 1. The van der Waals surface area contributed by atoms with Gasteiger partial charge in [0.1, 0.15) is 17.7 Å². The second kappa shape index (κ2) is 10.9. The summed E-state index contributed by atoms with van der Waals surface area (Å²) in [6.07, 6.45) is 1.58. The molecular weight excluding hydrogens is 344 g/mol. The predicted octanol–water partition coefficient (Wildman–Crippen LogP) is 2.97. The molecule has 1 aromatic carbocycles. The predicted molar refractivity (Wildman–Crippen MR) is 106 cm³/mol. The molecule has 3 N–H and O–H groups in total. The maximum Gasteiger partial charge on any atom is 0.326 e. The Hall–Kier alpha value is -3.01. The Bertz CT molecular complexity index is 701. The van der Waals surface area contributed by atoms with E-state index in [0.717, 1.165) is 24.5 Å². The fraction of sp³-hybridized carbons (Fsp3) is 0.450. The van der Waals surface area contributed by atoms with Crippen molar-refractivity contribution in [2.24, 2.45) is 5.92 Å². The van der Waals surface area contributed by atoms with Crippen LogP contribution in [-0.2, 0) is 9.59 Å². The van der Waals surface area contributed by atoms with Gasteiger partial charge < -0.3 is 20.6 Å². The molecule has 1 atom stereocenters. The van der Waals surface area contributed by atoms with E-state index in [1.165, 1.54) is 6.20 Å². The smallest absolute Gasteiger partial charge is 0.326 e. The van der Waals surface area contributed by atoms with Crippen LogP contribution >= 0.6 is 0 Å². The maximum atomic E-state index is 12.2. The molecule has 0 fully saturated rings. The molecule has 146 valence electrons. The van der Waals surface area contributed by atoms with E-state index in [1.807, 2.05) is 38.1 Å². The number of aliphatic carboxylic acids is 1. The number of hydrogen-bond donors (Lipinski definition) is 3. The Morgan fingerprint density at radius 3 is 2.26 bits per heavy atom. The van der Waals surface area contributed by atoms with Gasteiger partial charge in [-0.3, -0.25) is 4.79 Å². The summed E-state index contributed by atoms with van der Waals surface area (Å²) in [6, 6.07) is 8.41. The van der Waals surface area contributed by atoms with Gasteiger partial charge >= 0.3 is 5.97 Å². The van der Waals surface area contributed by atoms with Crippen molar-refractivity contribution in [2.45, 2.75) is 40.2 Å². The molecule has 7 nitrogen and oxygen atoms in total. The summed E-state index contributed by atoms with van der Waals surface area (Å²) in [5, 5.41) is 23.7. The Labute approximate surface area is 160 Å². The van der Waals surface area contributed by atoms with Crippen LogP contribution in [0.25, 0.3) is 0 Å². The molecule has 0 aliphatic carbocycles. The first kappa shape index (κ1) is 22.0. The van der Waals surface area contributed by atoms with Crippen molar-refractivity contribution in [3.8, 4) is 6.07 Å². The fourth-order valence-electron chi connectivity index (χ4n) is 2.59. The summed E-state index contributed by atoms with van der Waals surface area (Å²) >= 11 is 0. The molecule has 0 spiro atoms. The van der Waals surface area contributed by atoms with E-state index in [2.05, 4.69) is 29.4 Å². The zero-order valence-corrected chi connectivity index (χ0v) is 16.3. The van der Waals surface area contributed by atoms with Gasteiger partial charge in [-0.25, -0.2) is 4.79 Å². The molecule has 0 aromatic heterocycles. The van der Waals surface area contributed by atoms with Crippen LogP contribution in [0.2, 0.25) is 0 Å². The van der Waals surface area contributed by atoms with Gasteiger partial charge in [0.05, 0.1) is 0 Å². The number of anilines is 2. The van der Waals surface area contributed by atoms with Crippen LogP contribution in [0.1, 0.15) is 34.1 Å². The zero-order valence-electron chi connectivity index (χ0n) is 16.3. The first-order valence-electron chi connectivity index (χ1n) is 9.07. The number of carboxylic acids is 1. The number of carboxylic acid groups (broad SMARTS) is 1. The summed E-state index contributed by atoms with van der Waals surface area (Å²) in [5.41, 5.74) is 1.63. The third kappa shape index (κ3) is 7.02. The lowest BCUT2D eigenvalue weighted by Crippen LogP contribution is -2.42. The van der Waals surface area contributed by atoms with Crippen LogP contribution < -0.4 is 15.5 Å². The van der Waals surface area contributed by atoms with Gasteiger partial charge in [-0.15, -0.1) is 0 Å². The van der Waals surface area contributed by atoms with Gasteiger partial charge in [-0.05, 0) is 50.5 Å². The number of nitrogens with one attached hydrogen (secondary N) is 2. The summed E-state index contributed by atoms with van der Waals surface area (Å²) < 4.78 is 0. The van der Waals surface area contributed by atoms with Crippen molar-refractivity contribution in [1.29, 1.82) is 5.26 Å². The van der Waals surface area contributed by atoms with Gasteiger partial charge in [0.25, 0.3) is 5.91 Å². The van der Waals surface area contributed by atoms with Gasteiger partial charge in [0.2, 0.25) is 0 Å². The number of hydrogen-bond acceptors (Lipinski definition) is 5. The Morgan fingerprint density at radius 1 is 1.22 bits per heavy atom. The second-order valence-corrected chi connectivity index (χ2v) is 6.53. The van der Waals surface area contributed by atoms with Crippen molar-refractivity contribution in [3.05, 3.63) is 36.0 Å². The SMILES string of the molecule is CCN(CC)c1ccc(N/C=C(/C#N)C(=O)NC(CC(C)C)C(=O)O)cc1. The molecule has 1 aromatic rings. The Kier molecular flexibility index (Phi) is 8.86. The van der Waals surface area contributed by atoms with Crippen LogP contribution in [0.3, 0.4) is 0 Å². The monoisotopic (exact) mass is 372 g/mol. The summed E-state index contributed by atoms with van der Waals surface area (Å²) in [7, 11) is 0. The number of rotatable bonds is 10. The van der Waals surface area contributed by atoms with Crippen molar-refractivity contribution in [1.82, 2.24) is 5.32 Å². The summed E-state index contributed by atoms with van der Waals surface area (Å²) in [6.45, 7) is 9.71. The molecule has 1 unspecified atom stereocenters. The van der Waals surface area contributed by atoms with Crippen LogP contribution in [-0.4, -0.2) is 36.1 Å². The Morgan fingerprint density at radius 2 is 1.81 bits per heavy atom. The molecule has 0 bridgehead atoms. The Balaban J connectivity index is 2.80. The number of nitrogens with zero attached hydrogens (tertiary/aromatic N) is 2. The van der Waals surface area contributed by atoms with Gasteiger partial charge in [0.15, 0.2) is 0 Å². The van der Waals surface area contributed by atoms with Gasteiger partial charge in [-0.2, -0.15) is 5.26 Å². The molecular formula is C20H28N4O3. The molecule has 0 saturated carbocycles. The molecule has 0 heterocycles. The number of benzene rings is 1. The highest BCUT2D eigenvalue weighted by Gasteiger charge is 2.22. The minimum absolute atomic E-state index is 0.100. The van der Waals surface area contributed by atoms with E-state index in [9.17, 15) is 20.0 Å². The second-order valence-electron chi connectivity index (χ2n) is 6.53. The van der Waals surface area contributed by atoms with E-state index >= 15 is 0 Å². The molecule has 0 radical (unpaired) electrons. The van der Waals surface area contributed by atoms with Crippen molar-refractivity contribution < 1.29 is 14.7 Å². The number of carbonyl (C=O) groups is 2. The summed E-state index contributed by atoms with van der Waals surface area (Å²) in [5.74, 6) is -1.73. The normalized spacial score (nSPS) is 12.2. The van der Waals surface area contributed by atoms with Crippen LogP contribution in [0.5, 0.6) is 0 Å². The van der Waals surface area contributed by atoms with Crippen molar-refractivity contribution in [2.75, 3.05) is 23.3 Å². The molecule has 0 aliphatic heterocycles. The lowest BCUT2D eigenvalue weighted by molar-refractivity contribution is -0.141. The fourth-order valence-corrected chi connectivity index (χ4v) is 2.59. The average Bonchev–Trinajstić information content (AvgIpc) is 2.63. The van der Waals surface area contributed by atoms with E-state index < -0.39 is 17.9 Å². The van der Waals surface area contributed by atoms with Crippen LogP contribution in [0.4, 0.5) is 11.4 Å². The molecule has 0 aliphatic rings. The highest BCUT2D eigenvalue weighted by atomic mass is 16.4. The van der Waals surface area contributed by atoms with Crippen LogP contribution in [0, 0.1) is 17.2 Å². The minimum atomic E-state index is -1.12. The van der Waals surface area contributed by atoms with Crippen molar-refractivity contribution in [3.63, 3.8) is 0 Å². The highest BCUT2D eigenvalue weighted by Crippen LogP contribution is 2.18. The van der Waals surface area contributed by atoms with Gasteiger partial charge in [0, 0.05) is 30.7 Å². The first-order valence-corrected chi connectivity index (χ1v) is 9.07. The van der Waals surface area contributed by atoms with Gasteiger partial charge in [-0.1, -0.05) is 13.8 Å². The summed E-state index contributed by atoms with van der Waals surface area (Å²) in [4.78, 5) is 25.7. The zero-order chi connectivity index (χ0) is 20.4. The van der Waals surface area contributed by atoms with E-state index in [1.54, 1.807) is 6.07 Å². The largest absolute Gasteiger partial charge is 0.480 e. The standard InChI is InChI=1S/C20H28N4O3/c1-5-24(6-2)17-9-7-16(8-10-17)22-13-15(12-21)19(25)23-18(20(26)27)11-14(3)4/h7-10,13-14,18,22H,5-6,11H2,1-4H3,(H,23,25)(H,26,27)/b15-13-. The third-order valence-electron chi connectivity index (χ3n) is 4.05. The first-order chi connectivity index (χ1) is 12.8. The minimum Gasteiger partial charge on any atom is -0.480 e. The highest BCUT2D eigenvalue weighted by molar-refractivity contribution is 5.99. The molecule has 1 amide bonds. The van der Waals surface area contributed by atoms with E-state index in [4.69, 9.17) is 0 Å². The molecule has 27 heavy (non-hydrogen) atoms. The lowest BCUT2D eigenvalue weighted by atomic mass is 10.0. The third-order valence-corrected chi connectivity index (χ3v) is 4.05. The molecule has 0 saturated heterocycles. The topological polar surface area (TPSA) is 105 Å². The quantitative estimate of drug-likeness (QED) is 0.431. The number of amides is 1. The van der Waals surface area contributed by atoms with E-state index in [-0.39, 0.29) is 11.5 Å². The number of carbonyl (C=O) groups excluding carboxylic acids is 1. The van der Waals surface area contributed by atoms with E-state index in [0.29, 0.717) is 6.42 Å². The molecule has 1 rings (SSSR count). The molecule has 7 heteroatoms. The average molecular weight is 372 g/mol. The van der Waals surface area contributed by atoms with Crippen molar-refractivity contribution >= 4 is 23.3 Å². The maximum absolute atomic E-state index is 12.2. The lowest BCUT2D eigenvalue weighted by Gasteiger charge is -2.21.